The van der Waals surface area contributed by atoms with Crippen LogP contribution < -0.4 is 26.6 Å². The number of hydrogen-bond donors (Lipinski definition) is 6. The highest BCUT2D eigenvalue weighted by Gasteiger charge is 2.25. The third-order valence-electron chi connectivity index (χ3n) is 10.6. The highest BCUT2D eigenvalue weighted by molar-refractivity contribution is 7.14. The molecular formula is C52H52F2N8O7S3. The number of nitrogens with zero attached hydrogens (tertiary/aromatic N) is 3. The molecule has 0 saturated heterocycles. The topological polar surface area (TPSA) is 221 Å². The van der Waals surface area contributed by atoms with Crippen molar-refractivity contribution < 1.29 is 42.7 Å². The van der Waals surface area contributed by atoms with Crippen LogP contribution in [0.15, 0.2) is 89.9 Å². The fraction of sp³-hybridized carbons (Fsp3) is 0.250. The third-order valence-corrected chi connectivity index (χ3v) is 12.7. The van der Waals surface area contributed by atoms with E-state index in [9.17, 15) is 38.3 Å². The Labute approximate surface area is 426 Å². The van der Waals surface area contributed by atoms with Crippen molar-refractivity contribution in [1.29, 1.82) is 0 Å². The Kier molecular flexibility index (Phi) is 16.9. The van der Waals surface area contributed by atoms with E-state index in [1.807, 2.05) is 41.5 Å². The standard InChI is InChI=1S/C28H28FN5O3S2.C24H24FN3O4S/c1-15-10-23(39-34-15)32-25(36)18-12-20(16(2)22(29)13-18)19-7-6-17(24(35)31-14-28(3,4)5)11-21(19)26(37)33-27-30-8-9-38-27;1-13-17(10-15(22(31)32)11-19(13)25)16-6-5-14(20(29)27-12-24(2,3)4)9-18(16)21(30)28-23-26-7-8-33-23/h6-13H,14H2,1-5H3,(H,31,35)(H,32,36)(H,30,33,37);5-11H,12H2,1-4H3,(H,27,29)(H,31,32)(H,26,28,30). The number of carboxylic acid groups (broad SMARTS) is 1. The third kappa shape index (κ3) is 14.1. The first-order valence-corrected chi connectivity index (χ1v) is 24.8. The lowest BCUT2D eigenvalue weighted by Crippen LogP contribution is -2.32. The minimum absolute atomic E-state index is 0.0810. The summed E-state index contributed by atoms with van der Waals surface area (Å²) in [6, 6.07) is 15.8. The molecule has 5 amide bonds. The van der Waals surface area contributed by atoms with Gasteiger partial charge in [-0.3, -0.25) is 34.6 Å². The quantitative estimate of drug-likeness (QED) is 0.0641. The fourth-order valence-corrected chi connectivity index (χ4v) is 8.49. The van der Waals surface area contributed by atoms with Crippen LogP contribution in [-0.4, -0.2) is 68.0 Å². The molecule has 3 aromatic heterocycles. The van der Waals surface area contributed by atoms with Gasteiger partial charge in [-0.2, -0.15) is 4.37 Å². The predicted molar refractivity (Wildman–Crippen MR) is 279 cm³/mol. The van der Waals surface area contributed by atoms with E-state index < -0.39 is 35.3 Å². The lowest BCUT2D eigenvalue weighted by molar-refractivity contribution is 0.0695. The molecule has 0 saturated carbocycles. The second kappa shape index (κ2) is 22.7. The van der Waals surface area contributed by atoms with Crippen LogP contribution in [0.3, 0.4) is 0 Å². The molecule has 72 heavy (non-hydrogen) atoms. The normalized spacial score (nSPS) is 11.2. The van der Waals surface area contributed by atoms with Crippen LogP contribution in [0.1, 0.15) is 121 Å². The van der Waals surface area contributed by atoms with Gasteiger partial charge in [0.1, 0.15) is 16.6 Å². The number of thiazole rings is 2. The number of carbonyl (C=O) groups excluding carboxylic acids is 5. The number of carbonyl (C=O) groups is 6. The van der Waals surface area contributed by atoms with Crippen LogP contribution in [-0.2, 0) is 0 Å². The highest BCUT2D eigenvalue weighted by Crippen LogP contribution is 2.34. The number of halogens is 2. The number of aryl methyl sites for hydroxylation is 1. The Morgan fingerprint density at radius 3 is 1.38 bits per heavy atom. The largest absolute Gasteiger partial charge is 0.478 e. The first-order valence-electron chi connectivity index (χ1n) is 22.2. The van der Waals surface area contributed by atoms with Gasteiger partial charge in [0.25, 0.3) is 29.5 Å². The summed E-state index contributed by atoms with van der Waals surface area (Å²) in [5.74, 6) is -4.86. The summed E-state index contributed by atoms with van der Waals surface area (Å²) in [4.78, 5) is 84.7. The predicted octanol–water partition coefficient (Wildman–Crippen LogP) is 11.3. The molecule has 0 radical (unpaired) electrons. The van der Waals surface area contributed by atoms with Crippen LogP contribution in [0, 0.1) is 43.2 Å². The van der Waals surface area contributed by atoms with E-state index in [0.29, 0.717) is 45.0 Å². The molecule has 0 aliphatic rings. The molecule has 0 spiro atoms. The van der Waals surface area contributed by atoms with Gasteiger partial charge in [-0.25, -0.2) is 23.5 Å². The van der Waals surface area contributed by atoms with Gasteiger partial charge in [0.05, 0.1) is 11.3 Å². The maximum Gasteiger partial charge on any atom is 0.335 e. The minimum Gasteiger partial charge on any atom is -0.478 e. The Morgan fingerprint density at radius 2 is 0.986 bits per heavy atom. The van der Waals surface area contributed by atoms with Crippen molar-refractivity contribution in [2.75, 3.05) is 29.0 Å². The molecule has 7 rings (SSSR count). The molecule has 4 aromatic carbocycles. The molecule has 6 N–H and O–H groups in total. The maximum absolute atomic E-state index is 15.1. The Morgan fingerprint density at radius 1 is 0.542 bits per heavy atom. The summed E-state index contributed by atoms with van der Waals surface area (Å²) in [7, 11) is 0. The minimum atomic E-state index is -1.29. The Balaban J connectivity index is 0.000000239. The number of amides is 5. The summed E-state index contributed by atoms with van der Waals surface area (Å²) in [6.07, 6.45) is 3.09. The Hall–Kier alpha value is -7.55. The molecular weight excluding hydrogens is 983 g/mol. The van der Waals surface area contributed by atoms with E-state index in [2.05, 4.69) is 40.9 Å². The highest BCUT2D eigenvalue weighted by atomic mass is 32.1. The summed E-state index contributed by atoms with van der Waals surface area (Å²) in [6.45, 7) is 17.7. The number of hydrogen-bond acceptors (Lipinski definition) is 12. The van der Waals surface area contributed by atoms with Crippen molar-refractivity contribution in [3.05, 3.63) is 152 Å². The van der Waals surface area contributed by atoms with E-state index in [0.717, 1.165) is 29.4 Å². The van der Waals surface area contributed by atoms with Gasteiger partial charge in [0.2, 0.25) is 0 Å². The van der Waals surface area contributed by atoms with Crippen LogP contribution in [0.4, 0.5) is 24.0 Å². The maximum atomic E-state index is 15.1. The molecule has 0 fully saturated rings. The van der Waals surface area contributed by atoms with Crippen molar-refractivity contribution >= 4 is 85.0 Å². The van der Waals surface area contributed by atoms with Gasteiger partial charge in [0.15, 0.2) is 10.3 Å². The van der Waals surface area contributed by atoms with Crippen molar-refractivity contribution in [2.24, 2.45) is 10.8 Å². The molecule has 3 heterocycles. The van der Waals surface area contributed by atoms with Crippen LogP contribution in [0.25, 0.3) is 22.3 Å². The van der Waals surface area contributed by atoms with Crippen molar-refractivity contribution in [3.8, 4) is 22.3 Å². The SMILES string of the molecule is Cc1c(F)cc(C(=O)O)cc1-c1ccc(C(=O)NCC(C)(C)C)cc1C(=O)Nc1nccs1.Cc1cc(NC(=O)c2cc(F)c(C)c(-c3ccc(C(=O)NCC(C)(C)C)cc3C(=O)Nc3nccs3)c2)sn1. The lowest BCUT2D eigenvalue weighted by atomic mass is 9.91. The summed E-state index contributed by atoms with van der Waals surface area (Å²) >= 11 is 3.59. The molecule has 0 unspecified atom stereocenters. The average molecular weight is 1040 g/mol. The average Bonchev–Trinajstić information content (AvgIpc) is 4.13. The number of aromatic nitrogens is 3. The van der Waals surface area contributed by atoms with Gasteiger partial charge >= 0.3 is 5.97 Å². The van der Waals surface area contributed by atoms with Crippen LogP contribution >= 0.6 is 34.2 Å². The second-order valence-corrected chi connectivity index (χ2v) is 21.5. The fourth-order valence-electron chi connectivity index (χ4n) is 6.79. The number of rotatable bonds is 13. The van der Waals surface area contributed by atoms with E-state index in [1.165, 1.54) is 72.2 Å². The van der Waals surface area contributed by atoms with Crippen molar-refractivity contribution in [2.45, 2.75) is 62.3 Å². The first kappa shape index (κ1) is 53.8. The second-order valence-electron chi connectivity index (χ2n) is 18.9. The van der Waals surface area contributed by atoms with Crippen LogP contribution in [0.5, 0.6) is 0 Å². The summed E-state index contributed by atoms with van der Waals surface area (Å²) < 4.78 is 33.8. The zero-order valence-corrected chi connectivity index (χ0v) is 43.2. The van der Waals surface area contributed by atoms with Gasteiger partial charge in [-0.05, 0) is 131 Å². The summed E-state index contributed by atoms with van der Waals surface area (Å²) in [5.41, 5.74) is 2.82. The first-order chi connectivity index (χ1) is 33.9. The Bertz CT molecular complexity index is 3180. The number of carboxylic acids is 1. The van der Waals surface area contributed by atoms with Crippen molar-refractivity contribution in [1.82, 2.24) is 25.0 Å². The van der Waals surface area contributed by atoms with Gasteiger partial charge in [-0.15, -0.1) is 22.7 Å². The zero-order chi connectivity index (χ0) is 52.7. The van der Waals surface area contributed by atoms with Crippen LogP contribution in [0.2, 0.25) is 0 Å². The molecule has 374 valence electrons. The van der Waals surface area contributed by atoms with E-state index in [4.69, 9.17) is 0 Å². The number of benzene rings is 4. The lowest BCUT2D eigenvalue weighted by Gasteiger charge is -2.19. The van der Waals surface area contributed by atoms with E-state index in [1.54, 1.807) is 49.0 Å². The van der Waals surface area contributed by atoms with Gasteiger partial charge in [-0.1, -0.05) is 53.7 Å². The monoisotopic (exact) mass is 1030 g/mol. The molecule has 20 heteroatoms. The number of aromatic carboxylic acids is 1. The molecule has 0 aliphatic heterocycles. The molecule has 0 atom stereocenters. The molecule has 15 nitrogen and oxygen atoms in total. The van der Waals surface area contributed by atoms with Crippen molar-refractivity contribution in [3.63, 3.8) is 0 Å². The van der Waals surface area contributed by atoms with Gasteiger partial charge in [0, 0.05) is 64.1 Å². The molecule has 0 bridgehead atoms. The van der Waals surface area contributed by atoms with E-state index >= 15 is 4.39 Å². The van der Waals surface area contributed by atoms with Gasteiger partial charge < -0.3 is 21.1 Å². The molecule has 0 aliphatic carbocycles. The number of anilines is 3. The zero-order valence-electron chi connectivity index (χ0n) is 40.8. The summed E-state index contributed by atoms with van der Waals surface area (Å²) in [5, 5.41) is 27.9. The molecule has 7 aromatic rings. The number of nitrogens with one attached hydrogen (secondary N) is 5. The smallest absolute Gasteiger partial charge is 0.335 e. The van der Waals surface area contributed by atoms with E-state index in [-0.39, 0.29) is 72.7 Å².